The van der Waals surface area contributed by atoms with Crippen LogP contribution >= 0.6 is 27.7 Å². The lowest BCUT2D eigenvalue weighted by molar-refractivity contribution is -0.147. The van der Waals surface area contributed by atoms with Gasteiger partial charge < -0.3 is 5.32 Å². The molecule has 0 saturated carbocycles. The van der Waals surface area contributed by atoms with E-state index in [9.17, 15) is 14.4 Å². The standard InChI is InChI=1S/C20H24BrN3O3S/c1-19(2,3)24-16(25)14-13(7-8-28-4)23-20(15(14)17(24)26)11-9-10(21)5-6-12(11)22-18(20)27/h5-6,9,13-15,23H,7-8H2,1-4H3,(H,22,27)/t13-,14-,15+,20-/m1/s1. The number of likely N-dealkylation sites (tertiary alicyclic amines) is 1. The second-order valence-electron chi connectivity index (χ2n) is 8.67. The van der Waals surface area contributed by atoms with Crippen molar-refractivity contribution in [2.24, 2.45) is 11.8 Å². The fraction of sp³-hybridized carbons (Fsp3) is 0.550. The van der Waals surface area contributed by atoms with Crippen molar-refractivity contribution in [2.75, 3.05) is 17.3 Å². The first-order chi connectivity index (χ1) is 13.1. The maximum Gasteiger partial charge on any atom is 0.250 e. The fourth-order valence-corrected chi connectivity index (χ4v) is 5.78. The molecule has 1 spiro atoms. The average molecular weight is 466 g/mol. The van der Waals surface area contributed by atoms with Gasteiger partial charge in [0.05, 0.1) is 11.8 Å². The summed E-state index contributed by atoms with van der Waals surface area (Å²) in [5.74, 6) is -1.10. The minimum absolute atomic E-state index is 0.172. The van der Waals surface area contributed by atoms with Crippen molar-refractivity contribution >= 4 is 51.1 Å². The minimum atomic E-state index is -1.21. The molecule has 3 heterocycles. The van der Waals surface area contributed by atoms with E-state index in [1.54, 1.807) is 11.8 Å². The third-order valence-electron chi connectivity index (χ3n) is 5.98. The Morgan fingerprint density at radius 2 is 1.93 bits per heavy atom. The molecule has 2 N–H and O–H groups in total. The van der Waals surface area contributed by atoms with Gasteiger partial charge >= 0.3 is 0 Å². The van der Waals surface area contributed by atoms with Crippen molar-refractivity contribution in [3.63, 3.8) is 0 Å². The van der Waals surface area contributed by atoms with Crippen LogP contribution in [0.5, 0.6) is 0 Å². The molecule has 4 rings (SSSR count). The maximum atomic E-state index is 13.5. The summed E-state index contributed by atoms with van der Waals surface area (Å²) in [6.07, 6.45) is 2.73. The molecule has 150 valence electrons. The number of thioether (sulfide) groups is 1. The number of imide groups is 1. The van der Waals surface area contributed by atoms with Crippen LogP contribution in [-0.4, -0.2) is 46.2 Å². The molecule has 3 aliphatic rings. The van der Waals surface area contributed by atoms with Crippen molar-refractivity contribution in [3.05, 3.63) is 28.2 Å². The summed E-state index contributed by atoms with van der Waals surface area (Å²) in [6, 6.07) is 5.35. The Kier molecular flexibility index (Phi) is 4.67. The van der Waals surface area contributed by atoms with E-state index in [0.717, 1.165) is 22.2 Å². The molecule has 3 amide bonds. The number of hydrogen-bond donors (Lipinski definition) is 2. The predicted molar refractivity (Wildman–Crippen MR) is 113 cm³/mol. The van der Waals surface area contributed by atoms with E-state index < -0.39 is 22.9 Å². The number of hydrogen-bond acceptors (Lipinski definition) is 5. The van der Waals surface area contributed by atoms with E-state index in [2.05, 4.69) is 26.6 Å². The zero-order valence-electron chi connectivity index (χ0n) is 16.3. The van der Waals surface area contributed by atoms with Gasteiger partial charge in [-0.05, 0) is 57.4 Å². The van der Waals surface area contributed by atoms with Crippen LogP contribution < -0.4 is 10.6 Å². The van der Waals surface area contributed by atoms with Crippen LogP contribution in [0, 0.1) is 11.8 Å². The van der Waals surface area contributed by atoms with Gasteiger partial charge in [-0.25, -0.2) is 0 Å². The lowest BCUT2D eigenvalue weighted by atomic mass is 9.76. The molecule has 1 aromatic carbocycles. The zero-order valence-corrected chi connectivity index (χ0v) is 18.7. The Labute approximate surface area is 177 Å². The fourth-order valence-electron chi connectivity index (χ4n) is 4.93. The molecule has 0 aromatic heterocycles. The average Bonchev–Trinajstić information content (AvgIpc) is 3.18. The van der Waals surface area contributed by atoms with E-state index in [-0.39, 0.29) is 23.8 Å². The van der Waals surface area contributed by atoms with Gasteiger partial charge in [0.2, 0.25) is 17.7 Å². The summed E-state index contributed by atoms with van der Waals surface area (Å²) in [7, 11) is 0. The highest BCUT2D eigenvalue weighted by Crippen LogP contribution is 2.54. The Morgan fingerprint density at radius 1 is 1.21 bits per heavy atom. The van der Waals surface area contributed by atoms with E-state index in [1.165, 1.54) is 4.90 Å². The molecule has 0 radical (unpaired) electrons. The first-order valence-electron chi connectivity index (χ1n) is 9.39. The number of carbonyl (C=O) groups excluding carboxylic acids is 3. The van der Waals surface area contributed by atoms with Crippen LogP contribution in [-0.2, 0) is 19.9 Å². The van der Waals surface area contributed by atoms with Gasteiger partial charge in [0.1, 0.15) is 5.54 Å². The summed E-state index contributed by atoms with van der Waals surface area (Å²) in [4.78, 5) is 41.5. The predicted octanol–water partition coefficient (Wildman–Crippen LogP) is 2.72. The van der Waals surface area contributed by atoms with Gasteiger partial charge in [0.25, 0.3) is 0 Å². The summed E-state index contributed by atoms with van der Waals surface area (Å²) < 4.78 is 0.831. The number of benzene rings is 1. The Bertz CT molecular complexity index is 884. The SMILES string of the molecule is CSCC[C@H]1N[C@@]2(C(=O)Nc3ccc(Br)cc32)[C@@H]2C(=O)N(C(C)(C)C)C(=O)[C@@H]21. The van der Waals surface area contributed by atoms with Gasteiger partial charge in [-0.15, -0.1) is 0 Å². The smallest absolute Gasteiger partial charge is 0.250 e. The Morgan fingerprint density at radius 3 is 2.57 bits per heavy atom. The van der Waals surface area contributed by atoms with Gasteiger partial charge in [-0.1, -0.05) is 15.9 Å². The Hall–Kier alpha value is -1.38. The largest absolute Gasteiger partial charge is 0.324 e. The molecular formula is C20H24BrN3O3S. The van der Waals surface area contributed by atoms with Crippen LogP contribution in [0.25, 0.3) is 0 Å². The molecule has 6 nitrogen and oxygen atoms in total. The van der Waals surface area contributed by atoms with Crippen LogP contribution in [0.2, 0.25) is 0 Å². The van der Waals surface area contributed by atoms with E-state index in [1.807, 2.05) is 45.2 Å². The van der Waals surface area contributed by atoms with Crippen molar-refractivity contribution < 1.29 is 14.4 Å². The van der Waals surface area contributed by atoms with E-state index in [4.69, 9.17) is 0 Å². The highest BCUT2D eigenvalue weighted by atomic mass is 79.9. The maximum absolute atomic E-state index is 13.5. The number of halogens is 1. The highest BCUT2D eigenvalue weighted by molar-refractivity contribution is 9.10. The number of rotatable bonds is 3. The Balaban J connectivity index is 1.89. The highest BCUT2D eigenvalue weighted by Gasteiger charge is 2.71. The van der Waals surface area contributed by atoms with E-state index in [0.29, 0.717) is 5.69 Å². The number of nitrogens with zero attached hydrogens (tertiary/aromatic N) is 1. The second-order valence-corrected chi connectivity index (χ2v) is 10.6. The zero-order chi connectivity index (χ0) is 20.4. The summed E-state index contributed by atoms with van der Waals surface area (Å²) in [5, 5.41) is 6.38. The number of amides is 3. The van der Waals surface area contributed by atoms with Crippen molar-refractivity contribution in [1.82, 2.24) is 10.2 Å². The van der Waals surface area contributed by atoms with Gasteiger partial charge in [-0.2, -0.15) is 11.8 Å². The topological polar surface area (TPSA) is 78.5 Å². The normalized spacial score (nSPS) is 31.5. The van der Waals surface area contributed by atoms with Crippen molar-refractivity contribution in [1.29, 1.82) is 0 Å². The summed E-state index contributed by atoms with van der Waals surface area (Å²) >= 11 is 5.18. The summed E-state index contributed by atoms with van der Waals surface area (Å²) in [6.45, 7) is 5.58. The molecule has 28 heavy (non-hydrogen) atoms. The quantitative estimate of drug-likeness (QED) is 0.670. The molecule has 0 unspecified atom stereocenters. The molecule has 3 aliphatic heterocycles. The third-order valence-corrected chi connectivity index (χ3v) is 7.12. The molecular weight excluding hydrogens is 442 g/mol. The lowest BCUT2D eigenvalue weighted by Crippen LogP contribution is -2.55. The molecule has 4 atom stereocenters. The minimum Gasteiger partial charge on any atom is -0.324 e. The van der Waals surface area contributed by atoms with Gasteiger partial charge in [0, 0.05) is 27.3 Å². The molecule has 8 heteroatoms. The second kappa shape index (κ2) is 6.57. The number of anilines is 1. The van der Waals surface area contributed by atoms with Crippen LogP contribution in [0.4, 0.5) is 5.69 Å². The van der Waals surface area contributed by atoms with Gasteiger partial charge in [0.15, 0.2) is 0 Å². The number of nitrogens with one attached hydrogen (secondary N) is 2. The molecule has 2 saturated heterocycles. The monoisotopic (exact) mass is 465 g/mol. The number of carbonyl (C=O) groups is 3. The third kappa shape index (κ3) is 2.60. The number of fused-ring (bicyclic) bond motifs is 4. The molecule has 0 bridgehead atoms. The van der Waals surface area contributed by atoms with Crippen LogP contribution in [0.1, 0.15) is 32.8 Å². The lowest BCUT2D eigenvalue weighted by Gasteiger charge is -2.34. The molecule has 1 aromatic rings. The first-order valence-corrected chi connectivity index (χ1v) is 11.6. The van der Waals surface area contributed by atoms with E-state index >= 15 is 0 Å². The van der Waals surface area contributed by atoms with Gasteiger partial charge in [-0.3, -0.25) is 24.6 Å². The van der Waals surface area contributed by atoms with Crippen LogP contribution in [0.3, 0.4) is 0 Å². The van der Waals surface area contributed by atoms with Crippen molar-refractivity contribution in [2.45, 2.75) is 44.3 Å². The van der Waals surface area contributed by atoms with Crippen LogP contribution in [0.15, 0.2) is 22.7 Å². The first kappa shape index (κ1) is 19.9. The van der Waals surface area contributed by atoms with Crippen molar-refractivity contribution in [3.8, 4) is 0 Å². The summed E-state index contributed by atoms with van der Waals surface area (Å²) in [5.41, 5.74) is -0.400. The molecule has 2 fully saturated rings. The molecule has 0 aliphatic carbocycles.